The Morgan fingerprint density at radius 2 is 1.17 bits per heavy atom. The van der Waals surface area contributed by atoms with E-state index in [0.717, 1.165) is 18.2 Å². The third kappa shape index (κ3) is 4.93. The van der Waals surface area contributed by atoms with Gasteiger partial charge in [-0.15, -0.1) is 0 Å². The maximum absolute atomic E-state index is 13.8. The molecule has 0 fully saturated rings. The van der Waals surface area contributed by atoms with E-state index in [0.29, 0.717) is 0 Å². The Balaban J connectivity index is 1.77. The minimum Gasteiger partial charge on any atom is -0.320 e. The van der Waals surface area contributed by atoms with Crippen LogP contribution >= 0.6 is 0 Å². The number of alkyl halides is 3. The van der Waals surface area contributed by atoms with Crippen molar-refractivity contribution in [1.82, 2.24) is 0 Å². The van der Waals surface area contributed by atoms with Gasteiger partial charge in [-0.25, -0.2) is 9.18 Å². The van der Waals surface area contributed by atoms with Crippen LogP contribution in [0.15, 0.2) is 72.8 Å². The molecule has 5 nitrogen and oxygen atoms in total. The predicted octanol–water partition coefficient (Wildman–Crippen LogP) is 5.74. The molecule has 154 valence electrons. The summed E-state index contributed by atoms with van der Waals surface area (Å²) in [6.45, 7) is 0. The summed E-state index contributed by atoms with van der Waals surface area (Å²) in [7, 11) is 0. The number of para-hydroxylation sites is 3. The second-order valence-corrected chi connectivity index (χ2v) is 6.10. The molecular weight excluding hydrogens is 402 g/mol. The molecule has 0 aromatic heterocycles. The van der Waals surface area contributed by atoms with E-state index in [2.05, 4.69) is 16.0 Å². The van der Waals surface area contributed by atoms with Crippen LogP contribution in [-0.4, -0.2) is 11.9 Å². The smallest absolute Gasteiger partial charge is 0.320 e. The van der Waals surface area contributed by atoms with Crippen molar-refractivity contribution in [3.63, 3.8) is 0 Å². The van der Waals surface area contributed by atoms with Crippen LogP contribution in [0.3, 0.4) is 0 Å². The second-order valence-electron chi connectivity index (χ2n) is 6.10. The van der Waals surface area contributed by atoms with Crippen LogP contribution < -0.4 is 16.0 Å². The number of hydrogen-bond donors (Lipinski definition) is 3. The Kier molecular flexibility index (Phi) is 6.01. The first kappa shape index (κ1) is 20.8. The minimum atomic E-state index is -4.64. The van der Waals surface area contributed by atoms with Gasteiger partial charge in [-0.05, 0) is 36.4 Å². The van der Waals surface area contributed by atoms with Crippen LogP contribution in [0, 0.1) is 5.82 Å². The summed E-state index contributed by atoms with van der Waals surface area (Å²) < 4.78 is 53.0. The molecular formula is C21H15F4N3O2. The number of amides is 3. The van der Waals surface area contributed by atoms with Crippen LogP contribution in [0.4, 0.5) is 39.4 Å². The molecule has 3 aromatic carbocycles. The largest absolute Gasteiger partial charge is 0.418 e. The van der Waals surface area contributed by atoms with E-state index in [-0.39, 0.29) is 16.9 Å². The lowest BCUT2D eigenvalue weighted by atomic mass is 10.1. The topological polar surface area (TPSA) is 70.2 Å². The maximum atomic E-state index is 13.8. The van der Waals surface area contributed by atoms with E-state index in [4.69, 9.17) is 0 Å². The zero-order chi connectivity index (χ0) is 21.7. The van der Waals surface area contributed by atoms with E-state index < -0.39 is 35.2 Å². The molecule has 0 aliphatic rings. The molecule has 9 heteroatoms. The average Bonchev–Trinajstić information content (AvgIpc) is 2.69. The van der Waals surface area contributed by atoms with Gasteiger partial charge in [0.2, 0.25) is 0 Å². The monoisotopic (exact) mass is 417 g/mol. The average molecular weight is 417 g/mol. The van der Waals surface area contributed by atoms with Gasteiger partial charge in [0.25, 0.3) is 5.91 Å². The Hall–Kier alpha value is -3.88. The number of halogens is 4. The van der Waals surface area contributed by atoms with E-state index in [1.165, 1.54) is 42.5 Å². The highest BCUT2D eigenvalue weighted by molar-refractivity contribution is 6.08. The second kappa shape index (κ2) is 8.64. The predicted molar refractivity (Wildman–Crippen MR) is 105 cm³/mol. The number of nitrogens with one attached hydrogen (secondary N) is 3. The van der Waals surface area contributed by atoms with Crippen LogP contribution in [0.25, 0.3) is 0 Å². The van der Waals surface area contributed by atoms with Gasteiger partial charge in [0, 0.05) is 0 Å². The standard InChI is InChI=1S/C21H15F4N3O2/c22-15-9-3-1-7-13(15)19(29)26-17-11-5-6-12-18(17)28-20(30)27-16-10-4-2-8-14(16)21(23,24)25/h1-12H,(H,26,29)(H2,27,28,30). The number of benzene rings is 3. The van der Waals surface area contributed by atoms with Crippen molar-refractivity contribution in [2.45, 2.75) is 6.18 Å². The van der Waals surface area contributed by atoms with Gasteiger partial charge < -0.3 is 16.0 Å². The molecule has 0 aliphatic heterocycles. The molecule has 30 heavy (non-hydrogen) atoms. The number of carbonyl (C=O) groups excluding carboxylic acids is 2. The van der Waals surface area contributed by atoms with Crippen molar-refractivity contribution >= 4 is 29.0 Å². The molecule has 0 spiro atoms. The molecule has 0 heterocycles. The zero-order valence-electron chi connectivity index (χ0n) is 15.3. The molecule has 0 aliphatic carbocycles. The number of anilines is 3. The Morgan fingerprint density at radius 1 is 0.667 bits per heavy atom. The summed E-state index contributed by atoms with van der Waals surface area (Å²) in [5.74, 6) is -1.47. The van der Waals surface area contributed by atoms with Gasteiger partial charge in [0.15, 0.2) is 0 Å². The van der Waals surface area contributed by atoms with Gasteiger partial charge >= 0.3 is 12.2 Å². The fraction of sp³-hybridized carbons (Fsp3) is 0.0476. The highest BCUT2D eigenvalue weighted by Gasteiger charge is 2.33. The van der Waals surface area contributed by atoms with Gasteiger partial charge in [-0.2, -0.15) is 13.2 Å². The van der Waals surface area contributed by atoms with Gasteiger partial charge in [-0.3, -0.25) is 4.79 Å². The number of hydrogen-bond acceptors (Lipinski definition) is 2. The number of rotatable bonds is 4. The Bertz CT molecular complexity index is 1080. The summed E-state index contributed by atoms with van der Waals surface area (Å²) in [6, 6.07) is 14.9. The Morgan fingerprint density at radius 3 is 1.80 bits per heavy atom. The summed E-state index contributed by atoms with van der Waals surface area (Å²) in [4.78, 5) is 24.6. The molecule has 0 saturated carbocycles. The normalized spacial score (nSPS) is 10.9. The van der Waals surface area contributed by atoms with Crippen LogP contribution in [0.2, 0.25) is 0 Å². The minimum absolute atomic E-state index is 0.115. The zero-order valence-corrected chi connectivity index (χ0v) is 15.3. The highest BCUT2D eigenvalue weighted by Crippen LogP contribution is 2.34. The van der Waals surface area contributed by atoms with Gasteiger partial charge in [0.05, 0.1) is 28.2 Å². The summed E-state index contributed by atoms with van der Waals surface area (Å²) in [5, 5.41) is 7.00. The van der Waals surface area contributed by atoms with Crippen molar-refractivity contribution in [3.05, 3.63) is 89.7 Å². The quantitative estimate of drug-likeness (QED) is 0.474. The van der Waals surface area contributed by atoms with Crippen LogP contribution in [0.5, 0.6) is 0 Å². The van der Waals surface area contributed by atoms with Gasteiger partial charge in [0.1, 0.15) is 5.82 Å². The van der Waals surface area contributed by atoms with E-state index in [1.54, 1.807) is 12.1 Å². The third-order valence-corrected chi connectivity index (χ3v) is 4.02. The number of urea groups is 1. The molecule has 0 saturated heterocycles. The van der Waals surface area contributed by atoms with Crippen molar-refractivity contribution < 1.29 is 27.2 Å². The summed E-state index contributed by atoms with van der Waals surface area (Å²) >= 11 is 0. The lowest BCUT2D eigenvalue weighted by molar-refractivity contribution is -0.136. The first-order chi connectivity index (χ1) is 14.3. The van der Waals surface area contributed by atoms with Crippen molar-refractivity contribution in [3.8, 4) is 0 Å². The Labute approximate surface area is 168 Å². The molecule has 3 rings (SSSR count). The summed E-state index contributed by atoms with van der Waals surface area (Å²) in [5.41, 5.74) is -1.36. The fourth-order valence-electron chi connectivity index (χ4n) is 2.65. The van der Waals surface area contributed by atoms with Crippen molar-refractivity contribution in [2.75, 3.05) is 16.0 Å². The number of carbonyl (C=O) groups is 2. The molecule has 3 aromatic rings. The van der Waals surface area contributed by atoms with E-state index >= 15 is 0 Å². The molecule has 0 radical (unpaired) electrons. The fourth-order valence-corrected chi connectivity index (χ4v) is 2.65. The molecule has 0 unspecified atom stereocenters. The molecule has 3 amide bonds. The highest BCUT2D eigenvalue weighted by atomic mass is 19.4. The summed E-state index contributed by atoms with van der Waals surface area (Å²) in [6.07, 6.45) is -4.64. The first-order valence-electron chi connectivity index (χ1n) is 8.65. The van der Waals surface area contributed by atoms with Crippen molar-refractivity contribution in [1.29, 1.82) is 0 Å². The third-order valence-electron chi connectivity index (χ3n) is 4.02. The van der Waals surface area contributed by atoms with Crippen molar-refractivity contribution in [2.24, 2.45) is 0 Å². The lowest BCUT2D eigenvalue weighted by Gasteiger charge is -2.16. The van der Waals surface area contributed by atoms with Crippen LogP contribution in [-0.2, 0) is 6.18 Å². The maximum Gasteiger partial charge on any atom is 0.418 e. The molecule has 3 N–H and O–H groups in total. The molecule has 0 atom stereocenters. The van der Waals surface area contributed by atoms with E-state index in [9.17, 15) is 27.2 Å². The molecule has 0 bridgehead atoms. The van der Waals surface area contributed by atoms with E-state index in [1.807, 2.05) is 0 Å². The van der Waals surface area contributed by atoms with Gasteiger partial charge in [-0.1, -0.05) is 36.4 Å². The lowest BCUT2D eigenvalue weighted by Crippen LogP contribution is -2.23. The van der Waals surface area contributed by atoms with Crippen LogP contribution in [0.1, 0.15) is 15.9 Å². The first-order valence-corrected chi connectivity index (χ1v) is 8.65. The SMILES string of the molecule is O=C(Nc1ccccc1NC(=O)c1ccccc1F)Nc1ccccc1C(F)(F)F.